The Morgan fingerprint density at radius 1 is 1.14 bits per heavy atom. The monoisotopic (exact) mass is 287 g/mol. The molecule has 0 radical (unpaired) electrons. The highest BCUT2D eigenvalue weighted by molar-refractivity contribution is 5.44. The molecule has 1 aliphatic heterocycles. The number of fused-ring (bicyclic) bond motifs is 1. The van der Waals surface area contributed by atoms with Crippen LogP contribution in [0, 0.1) is 0 Å². The lowest BCUT2D eigenvalue weighted by Gasteiger charge is -2.15. The molecule has 0 fully saturated rings. The van der Waals surface area contributed by atoms with E-state index >= 15 is 0 Å². The quantitative estimate of drug-likeness (QED) is 0.934. The molecule has 5 nitrogen and oxygen atoms in total. The average molecular weight is 287 g/mol. The maximum Gasteiger partial charge on any atom is 0.250 e. The van der Waals surface area contributed by atoms with Crippen LogP contribution in [0.5, 0.6) is 11.5 Å². The number of nitrogens with zero attached hydrogens (tertiary/aromatic N) is 1. The van der Waals surface area contributed by atoms with E-state index in [1.807, 2.05) is 0 Å². The standard InChI is InChI=1S/C16H17NO4/c18-13(11-17-7-2-1-4-16(17)19)12-5-6-14-15(10-12)21-9-3-8-20-14/h1-2,4-7,10,13,18H,3,8-9,11H2. The van der Waals surface area contributed by atoms with Crippen molar-refractivity contribution in [3.8, 4) is 11.5 Å². The van der Waals surface area contributed by atoms with E-state index in [0.29, 0.717) is 30.3 Å². The van der Waals surface area contributed by atoms with Gasteiger partial charge in [0.25, 0.3) is 5.56 Å². The van der Waals surface area contributed by atoms with Gasteiger partial charge in [0, 0.05) is 18.7 Å². The Bertz CT molecular complexity index is 680. The summed E-state index contributed by atoms with van der Waals surface area (Å²) in [4.78, 5) is 11.7. The van der Waals surface area contributed by atoms with Gasteiger partial charge in [-0.2, -0.15) is 0 Å². The Hall–Kier alpha value is -2.27. The maximum atomic E-state index is 11.7. The van der Waals surface area contributed by atoms with Crippen LogP contribution in [0.3, 0.4) is 0 Å². The van der Waals surface area contributed by atoms with E-state index in [0.717, 1.165) is 6.42 Å². The fourth-order valence-corrected chi connectivity index (χ4v) is 2.29. The summed E-state index contributed by atoms with van der Waals surface area (Å²) in [6, 6.07) is 10.3. The second-order valence-corrected chi connectivity index (χ2v) is 4.96. The van der Waals surface area contributed by atoms with Gasteiger partial charge in [-0.15, -0.1) is 0 Å². The Morgan fingerprint density at radius 3 is 2.76 bits per heavy atom. The van der Waals surface area contributed by atoms with Crippen molar-refractivity contribution >= 4 is 0 Å². The zero-order chi connectivity index (χ0) is 14.7. The van der Waals surface area contributed by atoms with E-state index in [9.17, 15) is 9.90 Å². The first kappa shape index (κ1) is 13.7. The Kier molecular flexibility index (Phi) is 3.92. The molecule has 0 saturated carbocycles. The Morgan fingerprint density at radius 2 is 1.95 bits per heavy atom. The van der Waals surface area contributed by atoms with Crippen LogP contribution in [0.2, 0.25) is 0 Å². The molecule has 1 aromatic heterocycles. The van der Waals surface area contributed by atoms with E-state index in [1.165, 1.54) is 10.6 Å². The van der Waals surface area contributed by atoms with Gasteiger partial charge in [-0.1, -0.05) is 12.1 Å². The molecular weight excluding hydrogens is 270 g/mol. The van der Waals surface area contributed by atoms with Crippen molar-refractivity contribution in [2.45, 2.75) is 19.1 Å². The van der Waals surface area contributed by atoms with Gasteiger partial charge in [0.15, 0.2) is 11.5 Å². The summed E-state index contributed by atoms with van der Waals surface area (Å²) < 4.78 is 12.6. The van der Waals surface area contributed by atoms with E-state index in [2.05, 4.69) is 0 Å². The van der Waals surface area contributed by atoms with Crippen LogP contribution in [-0.2, 0) is 6.54 Å². The highest BCUT2D eigenvalue weighted by Crippen LogP contribution is 2.32. The summed E-state index contributed by atoms with van der Waals surface area (Å²) in [5.74, 6) is 1.34. The molecule has 2 heterocycles. The molecule has 110 valence electrons. The van der Waals surface area contributed by atoms with Gasteiger partial charge in [-0.25, -0.2) is 0 Å². The van der Waals surface area contributed by atoms with Crippen molar-refractivity contribution < 1.29 is 14.6 Å². The fraction of sp³-hybridized carbons (Fsp3) is 0.312. The highest BCUT2D eigenvalue weighted by atomic mass is 16.5. The fourth-order valence-electron chi connectivity index (χ4n) is 2.29. The Labute approximate surface area is 122 Å². The second-order valence-electron chi connectivity index (χ2n) is 4.96. The zero-order valence-corrected chi connectivity index (χ0v) is 11.6. The smallest absolute Gasteiger partial charge is 0.250 e. The molecule has 0 amide bonds. The molecular formula is C16H17NO4. The van der Waals surface area contributed by atoms with Crippen molar-refractivity contribution in [1.29, 1.82) is 0 Å². The predicted octanol–water partition coefficient (Wildman–Crippen LogP) is 1.74. The Balaban J connectivity index is 1.82. The maximum absolute atomic E-state index is 11.7. The summed E-state index contributed by atoms with van der Waals surface area (Å²) in [6.45, 7) is 1.44. The molecule has 1 N–H and O–H groups in total. The summed E-state index contributed by atoms with van der Waals surface area (Å²) in [5.41, 5.74) is 0.570. The van der Waals surface area contributed by atoms with Crippen molar-refractivity contribution in [2.75, 3.05) is 13.2 Å². The zero-order valence-electron chi connectivity index (χ0n) is 11.6. The molecule has 1 unspecified atom stereocenters. The van der Waals surface area contributed by atoms with Gasteiger partial charge in [-0.3, -0.25) is 4.79 Å². The predicted molar refractivity (Wildman–Crippen MR) is 77.7 cm³/mol. The summed E-state index contributed by atoms with van der Waals surface area (Å²) in [7, 11) is 0. The van der Waals surface area contributed by atoms with Crippen molar-refractivity contribution in [3.63, 3.8) is 0 Å². The van der Waals surface area contributed by atoms with Crippen LogP contribution in [0.15, 0.2) is 47.4 Å². The third-order valence-corrected chi connectivity index (χ3v) is 3.42. The molecule has 0 aliphatic carbocycles. The average Bonchev–Trinajstić information content (AvgIpc) is 2.74. The molecule has 1 aliphatic rings. The number of aromatic nitrogens is 1. The highest BCUT2D eigenvalue weighted by Gasteiger charge is 2.15. The van der Waals surface area contributed by atoms with E-state index in [-0.39, 0.29) is 12.1 Å². The molecule has 0 spiro atoms. The number of rotatable bonds is 3. The third-order valence-electron chi connectivity index (χ3n) is 3.42. The van der Waals surface area contributed by atoms with Crippen LogP contribution in [-0.4, -0.2) is 22.9 Å². The number of ether oxygens (including phenoxy) is 2. The first-order chi connectivity index (χ1) is 10.2. The van der Waals surface area contributed by atoms with Gasteiger partial charge >= 0.3 is 0 Å². The number of hydrogen-bond donors (Lipinski definition) is 1. The van der Waals surface area contributed by atoms with Crippen LogP contribution in [0.4, 0.5) is 0 Å². The number of hydrogen-bond acceptors (Lipinski definition) is 4. The van der Waals surface area contributed by atoms with Gasteiger partial charge in [-0.05, 0) is 23.8 Å². The van der Waals surface area contributed by atoms with Gasteiger partial charge in [0.2, 0.25) is 0 Å². The first-order valence-corrected chi connectivity index (χ1v) is 6.97. The van der Waals surface area contributed by atoms with Crippen LogP contribution in [0.1, 0.15) is 18.1 Å². The van der Waals surface area contributed by atoms with Gasteiger partial charge < -0.3 is 19.1 Å². The lowest BCUT2D eigenvalue weighted by atomic mass is 10.1. The molecule has 1 aromatic carbocycles. The van der Waals surface area contributed by atoms with E-state index in [4.69, 9.17) is 9.47 Å². The van der Waals surface area contributed by atoms with Gasteiger partial charge in [0.1, 0.15) is 0 Å². The summed E-state index contributed by atoms with van der Waals surface area (Å²) in [5, 5.41) is 10.3. The van der Waals surface area contributed by atoms with Crippen molar-refractivity contribution in [3.05, 3.63) is 58.5 Å². The molecule has 2 aromatic rings. The van der Waals surface area contributed by atoms with E-state index in [1.54, 1.807) is 36.5 Å². The molecule has 3 rings (SSSR count). The number of benzene rings is 1. The molecule has 5 heteroatoms. The van der Waals surface area contributed by atoms with Crippen LogP contribution in [0.25, 0.3) is 0 Å². The van der Waals surface area contributed by atoms with Crippen LogP contribution < -0.4 is 15.0 Å². The molecule has 1 atom stereocenters. The second kappa shape index (κ2) is 6.01. The largest absolute Gasteiger partial charge is 0.490 e. The normalized spacial score (nSPS) is 15.3. The number of pyridine rings is 1. The van der Waals surface area contributed by atoms with E-state index < -0.39 is 6.10 Å². The minimum atomic E-state index is -0.776. The summed E-state index contributed by atoms with van der Waals surface area (Å²) in [6.07, 6.45) is 1.72. The lowest BCUT2D eigenvalue weighted by molar-refractivity contribution is 0.154. The number of aliphatic hydroxyl groups excluding tert-OH is 1. The SMILES string of the molecule is O=c1ccccn1CC(O)c1ccc2c(c1)OCCCO2. The first-order valence-electron chi connectivity index (χ1n) is 6.97. The van der Waals surface area contributed by atoms with Gasteiger partial charge in [0.05, 0.1) is 25.9 Å². The molecule has 21 heavy (non-hydrogen) atoms. The number of aliphatic hydroxyl groups is 1. The van der Waals surface area contributed by atoms with Crippen molar-refractivity contribution in [2.24, 2.45) is 0 Å². The topological polar surface area (TPSA) is 60.7 Å². The minimum absolute atomic E-state index is 0.133. The molecule has 0 bridgehead atoms. The van der Waals surface area contributed by atoms with Crippen molar-refractivity contribution in [1.82, 2.24) is 4.57 Å². The minimum Gasteiger partial charge on any atom is -0.490 e. The molecule has 0 saturated heterocycles. The van der Waals surface area contributed by atoms with Crippen LogP contribution >= 0.6 is 0 Å². The third kappa shape index (κ3) is 3.08. The lowest BCUT2D eigenvalue weighted by Crippen LogP contribution is -2.21. The summed E-state index contributed by atoms with van der Waals surface area (Å²) >= 11 is 0.